The smallest absolute Gasteiger partial charge is 0.548 e. The van der Waals surface area contributed by atoms with Gasteiger partial charge in [0.15, 0.2) is 5.69 Å². The van der Waals surface area contributed by atoms with Crippen molar-refractivity contribution < 1.29 is 58.5 Å². The van der Waals surface area contributed by atoms with Crippen molar-refractivity contribution in [1.29, 1.82) is 0 Å². The molecule has 4 aromatic rings. The molecule has 0 saturated heterocycles. The molecule has 0 radical (unpaired) electrons. The summed E-state index contributed by atoms with van der Waals surface area (Å²) in [6.45, 7) is 0. The maximum Gasteiger partial charge on any atom is 1.00 e. The van der Waals surface area contributed by atoms with Gasteiger partial charge < -0.3 is 30.4 Å². The molecule has 8 rings (SSSR count). The Balaban J connectivity index is 0.00000357. The average Bonchev–Trinajstić information content (AvgIpc) is 3.46. The SMILES string of the molecule is COc1cccc(OC)c1-c1cc(C(=O)NC2(C(=O)[O-])C3CC4CC(C3)CC2C4)nn1-c1ccc(C(N)=O)c2ccccc12.[Na+]. The van der Waals surface area contributed by atoms with Gasteiger partial charge in [0.25, 0.3) is 5.91 Å². The summed E-state index contributed by atoms with van der Waals surface area (Å²) in [6, 6.07) is 17.6. The molecule has 1 heterocycles. The molecule has 10 nitrogen and oxygen atoms in total. The van der Waals surface area contributed by atoms with Gasteiger partial charge in [0, 0.05) is 10.9 Å². The fourth-order valence-electron chi connectivity index (χ4n) is 8.41. The molecule has 4 aliphatic carbocycles. The fourth-order valence-corrected chi connectivity index (χ4v) is 8.41. The first kappa shape index (κ1) is 31.1. The first-order valence-electron chi connectivity index (χ1n) is 14.9. The van der Waals surface area contributed by atoms with E-state index in [4.69, 9.17) is 20.3 Å². The zero-order valence-corrected chi connectivity index (χ0v) is 27.5. The zero-order chi connectivity index (χ0) is 30.7. The molecular formula is C34H33N4NaO6. The van der Waals surface area contributed by atoms with E-state index in [1.54, 1.807) is 61.4 Å². The number of carboxylic acid groups (broad SMARTS) is 1. The summed E-state index contributed by atoms with van der Waals surface area (Å²) in [7, 11) is 3.08. The van der Waals surface area contributed by atoms with Crippen LogP contribution in [0.4, 0.5) is 0 Å². The summed E-state index contributed by atoms with van der Waals surface area (Å²) < 4.78 is 13.0. The summed E-state index contributed by atoms with van der Waals surface area (Å²) >= 11 is 0. The van der Waals surface area contributed by atoms with Gasteiger partial charge in [0.05, 0.1) is 42.7 Å². The van der Waals surface area contributed by atoms with Crippen LogP contribution in [0.1, 0.15) is 53.0 Å². The van der Waals surface area contributed by atoms with Gasteiger partial charge in [-0.05, 0) is 91.5 Å². The predicted molar refractivity (Wildman–Crippen MR) is 160 cm³/mol. The molecule has 11 heteroatoms. The fraction of sp³-hybridized carbons (Fsp3) is 0.353. The number of benzene rings is 3. The Morgan fingerprint density at radius 3 is 2.04 bits per heavy atom. The molecule has 4 aliphatic rings. The number of amides is 2. The molecular weight excluding hydrogens is 583 g/mol. The molecule has 3 aromatic carbocycles. The predicted octanol–water partition coefficient (Wildman–Crippen LogP) is 0.487. The minimum absolute atomic E-state index is 0. The first-order valence-corrected chi connectivity index (χ1v) is 14.9. The van der Waals surface area contributed by atoms with E-state index < -0.39 is 23.3 Å². The third-order valence-electron chi connectivity index (χ3n) is 10.1. The monoisotopic (exact) mass is 616 g/mol. The second-order valence-electron chi connectivity index (χ2n) is 12.3. The summed E-state index contributed by atoms with van der Waals surface area (Å²) in [5, 5.41) is 21.9. The maximum absolute atomic E-state index is 14.1. The minimum atomic E-state index is -1.44. The molecule has 0 aliphatic heterocycles. The quantitative estimate of drug-likeness (QED) is 0.274. The number of hydrogen-bond acceptors (Lipinski definition) is 7. The standard InChI is InChI=1S/C34H34N4O6.Na/c1-43-28-8-5-9-29(44-2)30(28)27-17-25(37-38(27)26-11-10-24(31(35)39)22-6-3-4-7-23(22)26)32(40)36-34(33(41)42)20-13-18-12-19(15-20)16-21(34)14-18;/h3-11,17-21H,12-16H2,1-2H3,(H2,35,39)(H,36,40)(H,41,42);/q;+1/p-1. The number of carboxylic acids is 1. The molecule has 4 fully saturated rings. The van der Waals surface area contributed by atoms with Crippen molar-refractivity contribution in [3.63, 3.8) is 0 Å². The van der Waals surface area contributed by atoms with Crippen LogP contribution in [0.15, 0.2) is 60.7 Å². The number of primary amides is 1. The summed E-state index contributed by atoms with van der Waals surface area (Å²) in [5.74, 6) is -0.742. The van der Waals surface area contributed by atoms with Gasteiger partial charge in [-0.3, -0.25) is 9.59 Å². The van der Waals surface area contributed by atoms with Gasteiger partial charge in [0.2, 0.25) is 5.91 Å². The molecule has 4 bridgehead atoms. The molecule has 226 valence electrons. The molecule has 3 N–H and O–H groups in total. The molecule has 1 aromatic heterocycles. The van der Waals surface area contributed by atoms with Crippen LogP contribution in [0.2, 0.25) is 0 Å². The van der Waals surface area contributed by atoms with Crippen molar-refractivity contribution in [1.82, 2.24) is 15.1 Å². The van der Waals surface area contributed by atoms with E-state index in [-0.39, 0.29) is 47.1 Å². The topological polar surface area (TPSA) is 149 Å². The summed E-state index contributed by atoms with van der Waals surface area (Å²) in [5.41, 5.74) is 6.24. The normalized spacial score (nSPS) is 24.6. The first-order chi connectivity index (χ1) is 21.2. The van der Waals surface area contributed by atoms with Crippen LogP contribution in [0.5, 0.6) is 11.5 Å². The van der Waals surface area contributed by atoms with E-state index in [0.717, 1.165) is 32.1 Å². The van der Waals surface area contributed by atoms with E-state index >= 15 is 0 Å². The Hall–Kier alpha value is -3.86. The van der Waals surface area contributed by atoms with Crippen molar-refractivity contribution >= 4 is 28.6 Å². The van der Waals surface area contributed by atoms with E-state index in [0.29, 0.717) is 56.6 Å². The van der Waals surface area contributed by atoms with E-state index in [9.17, 15) is 19.5 Å². The van der Waals surface area contributed by atoms with Crippen molar-refractivity contribution in [2.45, 2.75) is 37.6 Å². The Kier molecular flexibility index (Phi) is 8.18. The number of carbonyl (C=O) groups excluding carboxylic acids is 3. The van der Waals surface area contributed by atoms with Crippen molar-refractivity contribution in [2.75, 3.05) is 14.2 Å². The third kappa shape index (κ3) is 4.90. The van der Waals surface area contributed by atoms with Gasteiger partial charge in [-0.15, -0.1) is 0 Å². The zero-order valence-electron chi connectivity index (χ0n) is 25.5. The molecule has 0 unspecified atom stereocenters. The number of rotatable bonds is 8. The van der Waals surface area contributed by atoms with Gasteiger partial charge in [-0.2, -0.15) is 5.10 Å². The van der Waals surface area contributed by atoms with Crippen LogP contribution < -0.4 is 55.2 Å². The Labute approximate surface area is 282 Å². The van der Waals surface area contributed by atoms with Crippen LogP contribution in [-0.4, -0.2) is 47.3 Å². The number of nitrogens with zero attached hydrogens (tertiary/aromatic N) is 2. The van der Waals surface area contributed by atoms with Crippen LogP contribution in [0.3, 0.4) is 0 Å². The average molecular weight is 617 g/mol. The number of aliphatic carboxylic acids is 1. The second-order valence-corrected chi connectivity index (χ2v) is 12.3. The number of hydrogen-bond donors (Lipinski definition) is 2. The van der Waals surface area contributed by atoms with Gasteiger partial charge >= 0.3 is 29.6 Å². The summed E-state index contributed by atoms with van der Waals surface area (Å²) in [4.78, 5) is 39.2. The molecule has 45 heavy (non-hydrogen) atoms. The molecule has 2 amide bonds. The number of methoxy groups -OCH3 is 2. The molecule has 0 atom stereocenters. The minimum Gasteiger partial charge on any atom is -0.548 e. The third-order valence-corrected chi connectivity index (χ3v) is 10.1. The van der Waals surface area contributed by atoms with Crippen molar-refractivity contribution in [3.8, 4) is 28.4 Å². The Morgan fingerprint density at radius 2 is 1.49 bits per heavy atom. The molecule has 0 spiro atoms. The number of fused-ring (bicyclic) bond motifs is 1. The van der Waals surface area contributed by atoms with Crippen LogP contribution in [-0.2, 0) is 4.79 Å². The van der Waals surface area contributed by atoms with Crippen LogP contribution in [0, 0.1) is 23.7 Å². The Morgan fingerprint density at radius 1 is 0.889 bits per heavy atom. The van der Waals surface area contributed by atoms with Gasteiger partial charge in [-0.25, -0.2) is 4.68 Å². The number of carbonyl (C=O) groups is 3. The number of nitrogens with one attached hydrogen (secondary N) is 1. The largest absolute Gasteiger partial charge is 1.00 e. The number of nitrogens with two attached hydrogens (primary N) is 1. The van der Waals surface area contributed by atoms with E-state index in [2.05, 4.69) is 5.32 Å². The van der Waals surface area contributed by atoms with Crippen LogP contribution in [0.25, 0.3) is 27.7 Å². The van der Waals surface area contributed by atoms with Crippen molar-refractivity contribution in [2.24, 2.45) is 29.4 Å². The second kappa shape index (κ2) is 11.8. The molecule has 4 saturated carbocycles. The van der Waals surface area contributed by atoms with Gasteiger partial charge in [-0.1, -0.05) is 30.3 Å². The maximum atomic E-state index is 14.1. The number of ether oxygens (including phenoxy) is 2. The summed E-state index contributed by atoms with van der Waals surface area (Å²) in [6.07, 6.45) is 4.24. The Bertz CT molecular complexity index is 1780. The van der Waals surface area contributed by atoms with Gasteiger partial charge in [0.1, 0.15) is 11.5 Å². The van der Waals surface area contributed by atoms with E-state index in [1.807, 2.05) is 18.2 Å². The van der Waals surface area contributed by atoms with Crippen LogP contribution >= 0.6 is 0 Å². The van der Waals surface area contributed by atoms with Crippen molar-refractivity contribution in [3.05, 3.63) is 71.9 Å². The number of aromatic nitrogens is 2. The van der Waals surface area contributed by atoms with E-state index in [1.165, 1.54) is 0 Å².